The maximum Gasteiger partial charge on any atom is 0.270 e. The molecule has 2 heterocycles. The number of nitriles is 1. The fourth-order valence-electron chi connectivity index (χ4n) is 4.46. The quantitative estimate of drug-likeness (QED) is 0.168. The highest BCUT2D eigenvalue weighted by atomic mass is 16.6. The number of nitro benzene ring substituents is 1. The van der Waals surface area contributed by atoms with Gasteiger partial charge in [0.05, 0.1) is 11.5 Å². The molecule has 11 heteroatoms. The zero-order valence-electron chi connectivity index (χ0n) is 19.3. The van der Waals surface area contributed by atoms with Crippen molar-refractivity contribution in [3.05, 3.63) is 46.5 Å². The zero-order chi connectivity index (χ0) is 24.8. The van der Waals surface area contributed by atoms with Crippen LogP contribution < -0.4 is 10.6 Å². The highest BCUT2D eigenvalue weighted by Crippen LogP contribution is 2.24. The lowest BCUT2D eigenvalue weighted by Crippen LogP contribution is -2.45. The lowest BCUT2D eigenvalue weighted by atomic mass is 10.1. The summed E-state index contributed by atoms with van der Waals surface area (Å²) in [5.41, 5.74) is 0.612. The number of nitro groups is 1. The minimum atomic E-state index is -0.713. The fourth-order valence-corrected chi connectivity index (χ4v) is 4.46. The number of carbonyl (C=O) groups is 2. The molecule has 2 saturated heterocycles. The first kappa shape index (κ1) is 23.9. The van der Waals surface area contributed by atoms with Gasteiger partial charge in [-0.05, 0) is 61.1 Å². The van der Waals surface area contributed by atoms with Crippen LogP contribution >= 0.6 is 0 Å². The molecule has 4 rings (SSSR count). The van der Waals surface area contributed by atoms with E-state index < -0.39 is 11.0 Å². The Labute approximate surface area is 202 Å². The number of nitrogens with one attached hydrogen (secondary N) is 2. The van der Waals surface area contributed by atoms with Crippen LogP contribution in [0.15, 0.2) is 41.4 Å². The standard InChI is InChI=1S/C24H27N7O4/c25-16-26-24(27-19-8-6-18-14-20(31(34)35)9-7-17(18)13-19)28-21-5-1-2-12-30(23(21)33)15-22(32)29-10-3-4-11-29/h6-9,13-14,21H,1-5,10-12,15H2,(H2,26,27,28). The van der Waals surface area contributed by atoms with E-state index in [1.165, 1.54) is 12.1 Å². The molecule has 0 aliphatic carbocycles. The van der Waals surface area contributed by atoms with E-state index >= 15 is 0 Å². The first-order valence-electron chi connectivity index (χ1n) is 11.7. The molecule has 0 radical (unpaired) electrons. The summed E-state index contributed by atoms with van der Waals surface area (Å²) in [6.07, 6.45) is 5.92. The van der Waals surface area contributed by atoms with Crippen molar-refractivity contribution >= 4 is 39.9 Å². The van der Waals surface area contributed by atoms with E-state index in [1.807, 2.05) is 6.19 Å². The number of anilines is 1. The third-order valence-electron chi connectivity index (χ3n) is 6.29. The normalized spacial score (nSPS) is 18.8. The molecule has 2 amide bonds. The van der Waals surface area contributed by atoms with Crippen LogP contribution in [0.4, 0.5) is 11.4 Å². The van der Waals surface area contributed by atoms with Crippen molar-refractivity contribution in [2.75, 3.05) is 31.5 Å². The van der Waals surface area contributed by atoms with Crippen molar-refractivity contribution in [2.24, 2.45) is 4.99 Å². The first-order chi connectivity index (χ1) is 16.9. The number of aliphatic imine (C=N–C) groups is 1. The Morgan fingerprint density at radius 2 is 1.83 bits per heavy atom. The molecule has 0 saturated carbocycles. The SMILES string of the molecule is N#CNC(=NC1CCCCN(CC(=O)N2CCCC2)C1=O)Nc1ccc2cc([N+](=O)[O-])ccc2c1. The van der Waals surface area contributed by atoms with Crippen molar-refractivity contribution < 1.29 is 14.5 Å². The minimum Gasteiger partial charge on any atom is -0.341 e. The summed E-state index contributed by atoms with van der Waals surface area (Å²) in [5.74, 6) is -0.134. The minimum absolute atomic E-state index is 0.00579. The second-order valence-corrected chi connectivity index (χ2v) is 8.70. The van der Waals surface area contributed by atoms with Gasteiger partial charge in [0.15, 0.2) is 6.19 Å². The monoisotopic (exact) mass is 477 g/mol. The number of fused-ring (bicyclic) bond motifs is 1. The number of rotatable bonds is 5. The van der Waals surface area contributed by atoms with Gasteiger partial charge in [-0.3, -0.25) is 25.0 Å². The summed E-state index contributed by atoms with van der Waals surface area (Å²) in [5, 5.41) is 27.2. The first-order valence-corrected chi connectivity index (χ1v) is 11.7. The van der Waals surface area contributed by atoms with Gasteiger partial charge in [-0.1, -0.05) is 6.07 Å². The molecule has 0 aromatic heterocycles. The topological polar surface area (TPSA) is 144 Å². The summed E-state index contributed by atoms with van der Waals surface area (Å²) in [6.45, 7) is 2.04. The summed E-state index contributed by atoms with van der Waals surface area (Å²) in [4.78, 5) is 44.2. The van der Waals surface area contributed by atoms with Crippen molar-refractivity contribution in [1.82, 2.24) is 15.1 Å². The van der Waals surface area contributed by atoms with Gasteiger partial charge in [-0.2, -0.15) is 5.26 Å². The van der Waals surface area contributed by atoms with Crippen LogP contribution in [-0.2, 0) is 9.59 Å². The second-order valence-electron chi connectivity index (χ2n) is 8.70. The van der Waals surface area contributed by atoms with Crippen LogP contribution in [0.3, 0.4) is 0 Å². The second kappa shape index (κ2) is 10.8. The third kappa shape index (κ3) is 5.84. The number of nitrogens with zero attached hydrogens (tertiary/aromatic N) is 5. The average Bonchev–Trinajstić information content (AvgIpc) is 3.34. The summed E-state index contributed by atoms with van der Waals surface area (Å²) < 4.78 is 0. The van der Waals surface area contributed by atoms with Gasteiger partial charge >= 0.3 is 0 Å². The molecule has 2 N–H and O–H groups in total. The molecule has 0 spiro atoms. The third-order valence-corrected chi connectivity index (χ3v) is 6.29. The van der Waals surface area contributed by atoms with Gasteiger partial charge in [0.25, 0.3) is 5.69 Å². The van der Waals surface area contributed by atoms with Crippen molar-refractivity contribution in [3.63, 3.8) is 0 Å². The van der Waals surface area contributed by atoms with Gasteiger partial charge in [0.1, 0.15) is 6.04 Å². The van der Waals surface area contributed by atoms with E-state index in [-0.39, 0.29) is 30.0 Å². The molecule has 1 atom stereocenters. The number of amides is 2. The van der Waals surface area contributed by atoms with Gasteiger partial charge < -0.3 is 15.1 Å². The van der Waals surface area contributed by atoms with Crippen LogP contribution in [0, 0.1) is 21.6 Å². The molecule has 2 aliphatic rings. The van der Waals surface area contributed by atoms with Gasteiger partial charge in [-0.15, -0.1) is 0 Å². The molecular weight excluding hydrogens is 450 g/mol. The van der Waals surface area contributed by atoms with Crippen molar-refractivity contribution in [2.45, 2.75) is 38.1 Å². The Morgan fingerprint density at radius 1 is 1.11 bits per heavy atom. The molecule has 1 unspecified atom stereocenters. The number of hydrogen-bond donors (Lipinski definition) is 2. The molecule has 2 fully saturated rings. The van der Waals surface area contributed by atoms with Crippen LogP contribution in [0.25, 0.3) is 10.8 Å². The van der Waals surface area contributed by atoms with Gasteiger partial charge in [0.2, 0.25) is 17.8 Å². The molecule has 182 valence electrons. The Morgan fingerprint density at radius 3 is 2.57 bits per heavy atom. The van der Waals surface area contributed by atoms with E-state index in [2.05, 4.69) is 15.6 Å². The number of non-ortho nitro benzene ring substituents is 1. The summed E-state index contributed by atoms with van der Waals surface area (Å²) in [6, 6.07) is 9.09. The molecule has 2 aromatic rings. The lowest BCUT2D eigenvalue weighted by Gasteiger charge is -2.25. The fraction of sp³-hybridized carbons (Fsp3) is 0.417. The zero-order valence-corrected chi connectivity index (χ0v) is 19.3. The smallest absolute Gasteiger partial charge is 0.270 e. The lowest BCUT2D eigenvalue weighted by molar-refractivity contribution is -0.384. The van der Waals surface area contributed by atoms with Gasteiger partial charge in [0, 0.05) is 37.5 Å². The van der Waals surface area contributed by atoms with E-state index in [0.717, 1.165) is 44.2 Å². The van der Waals surface area contributed by atoms with Crippen LogP contribution in [-0.4, -0.2) is 64.7 Å². The predicted octanol–water partition coefficient (Wildman–Crippen LogP) is 2.59. The maximum atomic E-state index is 13.2. The van der Waals surface area contributed by atoms with E-state index in [1.54, 1.807) is 34.1 Å². The number of hydrogen-bond acceptors (Lipinski definition) is 6. The van der Waals surface area contributed by atoms with E-state index in [9.17, 15) is 25.0 Å². The van der Waals surface area contributed by atoms with Crippen LogP contribution in [0.1, 0.15) is 32.1 Å². The molecular formula is C24H27N7O4. The van der Waals surface area contributed by atoms with Crippen LogP contribution in [0.2, 0.25) is 0 Å². The molecule has 2 aliphatic heterocycles. The largest absolute Gasteiger partial charge is 0.341 e. The van der Waals surface area contributed by atoms with E-state index in [0.29, 0.717) is 24.0 Å². The average molecular weight is 478 g/mol. The Hall–Kier alpha value is -4.20. The molecule has 35 heavy (non-hydrogen) atoms. The van der Waals surface area contributed by atoms with Crippen molar-refractivity contribution in [3.8, 4) is 6.19 Å². The highest BCUT2D eigenvalue weighted by Gasteiger charge is 2.30. The number of benzene rings is 2. The van der Waals surface area contributed by atoms with Crippen LogP contribution in [0.5, 0.6) is 0 Å². The summed E-state index contributed by atoms with van der Waals surface area (Å²) >= 11 is 0. The highest BCUT2D eigenvalue weighted by molar-refractivity contribution is 5.99. The Balaban J connectivity index is 1.50. The number of likely N-dealkylation sites (tertiary alicyclic amines) is 2. The Kier molecular flexibility index (Phi) is 7.40. The van der Waals surface area contributed by atoms with Gasteiger partial charge in [-0.25, -0.2) is 4.99 Å². The molecule has 0 bridgehead atoms. The number of carbonyl (C=O) groups excluding carboxylic acids is 2. The summed E-state index contributed by atoms with van der Waals surface area (Å²) in [7, 11) is 0. The predicted molar refractivity (Wildman–Crippen MR) is 130 cm³/mol. The molecule has 2 aromatic carbocycles. The van der Waals surface area contributed by atoms with E-state index in [4.69, 9.17) is 0 Å². The maximum absolute atomic E-state index is 13.2. The van der Waals surface area contributed by atoms with Crippen molar-refractivity contribution in [1.29, 1.82) is 5.26 Å². The molecule has 11 nitrogen and oxygen atoms in total. The Bertz CT molecular complexity index is 1200. The number of guanidine groups is 1.